The number of carboxylic acid groups (broad SMARTS) is 1. The van der Waals surface area contributed by atoms with Gasteiger partial charge in [0.25, 0.3) is 0 Å². The lowest BCUT2D eigenvalue weighted by atomic mass is 9.90. The van der Waals surface area contributed by atoms with E-state index in [-0.39, 0.29) is 17.2 Å². The number of carbonyl (C=O) groups is 2. The fourth-order valence-corrected chi connectivity index (χ4v) is 4.10. The highest BCUT2D eigenvalue weighted by Gasteiger charge is 2.59. The van der Waals surface area contributed by atoms with Crippen LogP contribution in [0.5, 0.6) is 0 Å². The normalized spacial score (nSPS) is 20.6. The number of amides is 1. The Morgan fingerprint density at radius 1 is 1.26 bits per heavy atom. The van der Waals surface area contributed by atoms with E-state index in [2.05, 4.69) is 4.98 Å². The van der Waals surface area contributed by atoms with Crippen molar-refractivity contribution < 1.29 is 19.1 Å². The number of carbonyl (C=O) groups excluding carboxylic acids is 1. The molecule has 0 radical (unpaired) electrons. The van der Waals surface area contributed by atoms with Crippen molar-refractivity contribution in [3.8, 4) is 11.3 Å². The molecular formula is C21H24N2O4. The molecule has 6 heteroatoms. The average molecular weight is 368 g/mol. The number of hydrogen-bond donors (Lipinski definition) is 1. The topological polar surface area (TPSA) is 83.6 Å². The van der Waals surface area contributed by atoms with Crippen LogP contribution in [0.1, 0.15) is 37.1 Å². The molecule has 1 saturated carbocycles. The molecule has 1 aliphatic heterocycles. The second-order valence-electron chi connectivity index (χ2n) is 7.82. The third-order valence-electron chi connectivity index (χ3n) is 6.04. The summed E-state index contributed by atoms with van der Waals surface area (Å²) < 4.78 is 5.78. The van der Waals surface area contributed by atoms with Gasteiger partial charge in [-0.15, -0.1) is 0 Å². The first kappa shape index (κ1) is 17.8. The van der Waals surface area contributed by atoms with Crippen molar-refractivity contribution in [3.05, 3.63) is 41.9 Å². The van der Waals surface area contributed by atoms with Crippen LogP contribution in [0.15, 0.2) is 34.9 Å². The summed E-state index contributed by atoms with van der Waals surface area (Å²) in [5.41, 5.74) is 2.12. The van der Waals surface area contributed by atoms with Crippen molar-refractivity contribution >= 4 is 11.9 Å². The van der Waals surface area contributed by atoms with Gasteiger partial charge in [0.2, 0.25) is 5.91 Å². The SMILES string of the molecule is Cc1ccc(-c2cnc(CCC(=O)N3CCC4(CC3)CC4C(=O)O)o2)cc1. The van der Waals surface area contributed by atoms with Crippen molar-refractivity contribution in [1.82, 2.24) is 9.88 Å². The molecule has 1 spiro atoms. The maximum Gasteiger partial charge on any atom is 0.307 e. The lowest BCUT2D eigenvalue weighted by Crippen LogP contribution is -2.40. The summed E-state index contributed by atoms with van der Waals surface area (Å²) in [7, 11) is 0. The first-order valence-corrected chi connectivity index (χ1v) is 9.49. The number of rotatable bonds is 5. The largest absolute Gasteiger partial charge is 0.481 e. The first-order valence-electron chi connectivity index (χ1n) is 9.49. The summed E-state index contributed by atoms with van der Waals surface area (Å²) in [4.78, 5) is 29.8. The van der Waals surface area contributed by atoms with Gasteiger partial charge in [0.05, 0.1) is 12.1 Å². The van der Waals surface area contributed by atoms with Crippen molar-refractivity contribution in [1.29, 1.82) is 0 Å². The van der Waals surface area contributed by atoms with E-state index in [1.54, 1.807) is 6.20 Å². The zero-order valence-corrected chi connectivity index (χ0v) is 15.5. The molecule has 1 unspecified atom stereocenters. The maximum absolute atomic E-state index is 12.5. The summed E-state index contributed by atoms with van der Waals surface area (Å²) in [6, 6.07) is 8.05. The van der Waals surface area contributed by atoms with Gasteiger partial charge in [0.1, 0.15) is 0 Å². The number of aromatic nitrogens is 1. The molecule has 1 amide bonds. The summed E-state index contributed by atoms with van der Waals surface area (Å²) in [5.74, 6) is 0.476. The number of aliphatic carboxylic acids is 1. The molecule has 142 valence electrons. The third-order valence-corrected chi connectivity index (χ3v) is 6.04. The Morgan fingerprint density at radius 2 is 1.96 bits per heavy atom. The molecule has 0 bridgehead atoms. The Hall–Kier alpha value is -2.63. The molecule has 1 aromatic heterocycles. The maximum atomic E-state index is 12.5. The van der Waals surface area contributed by atoms with Crippen LogP contribution in [0.25, 0.3) is 11.3 Å². The minimum absolute atomic E-state index is 0.0475. The van der Waals surface area contributed by atoms with Crippen LogP contribution in [-0.4, -0.2) is 40.0 Å². The predicted molar refractivity (Wildman–Crippen MR) is 99.0 cm³/mol. The Bertz CT molecular complexity index is 847. The Labute approximate surface area is 158 Å². The predicted octanol–water partition coefficient (Wildman–Crippen LogP) is 3.30. The number of hydrogen-bond acceptors (Lipinski definition) is 4. The quantitative estimate of drug-likeness (QED) is 0.875. The fourth-order valence-electron chi connectivity index (χ4n) is 4.10. The van der Waals surface area contributed by atoms with Crippen molar-refractivity contribution in [2.75, 3.05) is 13.1 Å². The summed E-state index contributed by atoms with van der Waals surface area (Å²) in [6.07, 6.45) is 4.91. The van der Waals surface area contributed by atoms with Crippen LogP contribution in [0.4, 0.5) is 0 Å². The zero-order chi connectivity index (χ0) is 19.0. The van der Waals surface area contributed by atoms with E-state index in [1.165, 1.54) is 5.56 Å². The number of aryl methyl sites for hydroxylation is 2. The molecule has 2 aromatic rings. The summed E-state index contributed by atoms with van der Waals surface area (Å²) in [6.45, 7) is 3.35. The van der Waals surface area contributed by atoms with E-state index in [1.807, 2.05) is 36.1 Å². The molecular weight excluding hydrogens is 344 g/mol. The third kappa shape index (κ3) is 3.61. The van der Waals surface area contributed by atoms with Gasteiger partial charge in [-0.1, -0.05) is 29.8 Å². The molecule has 6 nitrogen and oxygen atoms in total. The van der Waals surface area contributed by atoms with Crippen molar-refractivity contribution in [2.24, 2.45) is 11.3 Å². The van der Waals surface area contributed by atoms with Crippen LogP contribution in [0.2, 0.25) is 0 Å². The van der Waals surface area contributed by atoms with E-state index >= 15 is 0 Å². The minimum Gasteiger partial charge on any atom is -0.481 e. The van der Waals surface area contributed by atoms with Gasteiger partial charge in [0, 0.05) is 31.5 Å². The highest BCUT2D eigenvalue weighted by Crippen LogP contribution is 2.59. The molecule has 2 aliphatic rings. The number of nitrogens with zero attached hydrogens (tertiary/aromatic N) is 2. The number of carboxylic acids is 1. The van der Waals surface area contributed by atoms with E-state index < -0.39 is 5.97 Å². The Balaban J connectivity index is 1.28. The van der Waals surface area contributed by atoms with E-state index in [9.17, 15) is 9.59 Å². The molecule has 1 N–H and O–H groups in total. The van der Waals surface area contributed by atoms with Crippen molar-refractivity contribution in [2.45, 2.75) is 39.0 Å². The summed E-state index contributed by atoms with van der Waals surface area (Å²) >= 11 is 0. The van der Waals surface area contributed by atoms with Gasteiger partial charge in [-0.25, -0.2) is 4.98 Å². The van der Waals surface area contributed by atoms with Gasteiger partial charge in [-0.05, 0) is 31.6 Å². The standard InChI is InChI=1S/C21H24N2O4/c1-14-2-4-15(5-3-14)17-13-22-18(27-17)6-7-19(24)23-10-8-21(9-11-23)12-16(21)20(25)26/h2-5,13,16H,6-12H2,1H3,(H,25,26). The van der Waals surface area contributed by atoms with Crippen LogP contribution < -0.4 is 0 Å². The van der Waals surface area contributed by atoms with Gasteiger partial charge >= 0.3 is 5.97 Å². The van der Waals surface area contributed by atoms with E-state index in [4.69, 9.17) is 9.52 Å². The lowest BCUT2D eigenvalue weighted by Gasteiger charge is -2.32. The number of oxazole rings is 1. The number of benzene rings is 1. The monoisotopic (exact) mass is 368 g/mol. The molecule has 4 rings (SSSR count). The first-order chi connectivity index (χ1) is 13.0. The van der Waals surface area contributed by atoms with Gasteiger partial charge < -0.3 is 14.4 Å². The Kier molecular flexibility index (Phi) is 4.50. The average Bonchev–Trinajstić information content (AvgIpc) is 3.16. The van der Waals surface area contributed by atoms with Gasteiger partial charge in [0.15, 0.2) is 11.7 Å². The molecule has 27 heavy (non-hydrogen) atoms. The van der Waals surface area contributed by atoms with Crippen LogP contribution in [-0.2, 0) is 16.0 Å². The second-order valence-corrected chi connectivity index (χ2v) is 7.82. The smallest absolute Gasteiger partial charge is 0.307 e. The lowest BCUT2D eigenvalue weighted by molar-refractivity contribution is -0.139. The van der Waals surface area contributed by atoms with Gasteiger partial charge in [-0.3, -0.25) is 9.59 Å². The highest BCUT2D eigenvalue weighted by atomic mass is 16.4. The van der Waals surface area contributed by atoms with E-state index in [0.29, 0.717) is 37.6 Å². The second kappa shape index (κ2) is 6.83. The fraction of sp³-hybridized carbons (Fsp3) is 0.476. The molecule has 1 saturated heterocycles. The number of likely N-dealkylation sites (tertiary alicyclic amines) is 1. The summed E-state index contributed by atoms with van der Waals surface area (Å²) in [5, 5.41) is 9.16. The Morgan fingerprint density at radius 3 is 2.59 bits per heavy atom. The van der Waals surface area contributed by atoms with E-state index in [0.717, 1.165) is 24.8 Å². The van der Waals surface area contributed by atoms with Crippen molar-refractivity contribution in [3.63, 3.8) is 0 Å². The molecule has 1 aliphatic carbocycles. The molecule has 2 heterocycles. The minimum atomic E-state index is -0.692. The van der Waals surface area contributed by atoms with Crippen LogP contribution in [0, 0.1) is 18.3 Å². The van der Waals surface area contributed by atoms with Crippen LogP contribution >= 0.6 is 0 Å². The highest BCUT2D eigenvalue weighted by molar-refractivity contribution is 5.77. The molecule has 1 atom stereocenters. The van der Waals surface area contributed by atoms with Gasteiger partial charge in [-0.2, -0.15) is 0 Å². The zero-order valence-electron chi connectivity index (χ0n) is 15.5. The van der Waals surface area contributed by atoms with Crippen LogP contribution in [0.3, 0.4) is 0 Å². The molecule has 1 aromatic carbocycles. The number of piperidine rings is 1. The molecule has 2 fully saturated rings.